The van der Waals surface area contributed by atoms with Crippen molar-refractivity contribution in [2.45, 2.75) is 70.6 Å². The number of ether oxygens (including phenoxy) is 1. The predicted octanol–water partition coefficient (Wildman–Crippen LogP) is 2.55. The van der Waals surface area contributed by atoms with Gasteiger partial charge in [-0.1, -0.05) is 39.5 Å². The summed E-state index contributed by atoms with van der Waals surface area (Å²) in [4.78, 5) is 13.6. The van der Waals surface area contributed by atoms with Gasteiger partial charge in [0, 0.05) is 5.92 Å². The Labute approximate surface area is 109 Å². The minimum absolute atomic E-state index is 0.0215. The quantitative estimate of drug-likeness (QED) is 0.793. The zero-order valence-electron chi connectivity index (χ0n) is 11.5. The second-order valence-electron chi connectivity index (χ2n) is 5.56. The molecule has 0 aliphatic carbocycles. The number of carbonyl (C=O) groups is 1. The summed E-state index contributed by atoms with van der Waals surface area (Å²) < 4.78 is 5.16. The van der Waals surface area contributed by atoms with Crippen molar-refractivity contribution in [2.75, 3.05) is 6.61 Å². The van der Waals surface area contributed by atoms with Crippen molar-refractivity contribution in [1.82, 2.24) is 4.90 Å². The van der Waals surface area contributed by atoms with Crippen molar-refractivity contribution < 1.29 is 14.6 Å². The van der Waals surface area contributed by atoms with Gasteiger partial charge in [0.2, 0.25) is 0 Å². The molecule has 2 aliphatic heterocycles. The van der Waals surface area contributed by atoms with Crippen molar-refractivity contribution in [1.29, 1.82) is 0 Å². The Hall–Kier alpha value is -0.770. The van der Waals surface area contributed by atoms with Gasteiger partial charge in [-0.25, -0.2) is 4.79 Å². The van der Waals surface area contributed by atoms with E-state index in [2.05, 4.69) is 13.8 Å². The number of amides is 1. The summed E-state index contributed by atoms with van der Waals surface area (Å²) in [6.07, 6.45) is 5.70. The number of aliphatic hydroxyl groups is 1. The molecule has 2 fully saturated rings. The molecule has 2 rings (SSSR count). The van der Waals surface area contributed by atoms with Crippen LogP contribution in [0.25, 0.3) is 0 Å². The molecule has 0 aromatic carbocycles. The molecule has 18 heavy (non-hydrogen) atoms. The van der Waals surface area contributed by atoms with Gasteiger partial charge < -0.3 is 9.84 Å². The Morgan fingerprint density at radius 1 is 1.28 bits per heavy atom. The fourth-order valence-electron chi connectivity index (χ4n) is 3.36. The molecule has 2 aliphatic rings. The molecular formula is C14H25NO3. The molecule has 2 heterocycles. The van der Waals surface area contributed by atoms with Crippen LogP contribution in [0.2, 0.25) is 0 Å². The highest BCUT2D eigenvalue weighted by Crippen LogP contribution is 2.39. The average Bonchev–Trinajstić information content (AvgIpc) is 2.85. The van der Waals surface area contributed by atoms with Crippen LogP contribution in [-0.4, -0.2) is 40.9 Å². The Morgan fingerprint density at radius 2 is 1.94 bits per heavy atom. The van der Waals surface area contributed by atoms with Gasteiger partial charge in [0.1, 0.15) is 6.61 Å². The number of rotatable bonds is 6. The van der Waals surface area contributed by atoms with Gasteiger partial charge in [-0.15, -0.1) is 0 Å². The normalized spacial score (nSPS) is 34.8. The fourth-order valence-corrected chi connectivity index (χ4v) is 3.36. The largest absolute Gasteiger partial charge is 0.447 e. The molecule has 1 amide bonds. The standard InChI is InChI=1S/C14H25NO3/c1-3-5-7-10-12-9-18-14(17)15(12)11(13(10)16)8-6-4-2/h10-13,16H,3-9H2,1-2H3/t10-,11-,12-,13+/m0/s1. The van der Waals surface area contributed by atoms with E-state index in [-0.39, 0.29) is 30.2 Å². The van der Waals surface area contributed by atoms with E-state index in [4.69, 9.17) is 4.74 Å². The Balaban J connectivity index is 2.07. The third-order valence-electron chi connectivity index (χ3n) is 4.37. The number of hydrogen-bond donors (Lipinski definition) is 1. The molecular weight excluding hydrogens is 230 g/mol. The molecule has 0 radical (unpaired) electrons. The van der Waals surface area contributed by atoms with Gasteiger partial charge in [-0.05, 0) is 12.8 Å². The molecule has 4 atom stereocenters. The molecule has 4 nitrogen and oxygen atoms in total. The molecule has 0 unspecified atom stereocenters. The highest BCUT2D eigenvalue weighted by molar-refractivity contribution is 5.71. The minimum Gasteiger partial charge on any atom is -0.447 e. The lowest BCUT2D eigenvalue weighted by Gasteiger charge is -2.23. The summed E-state index contributed by atoms with van der Waals surface area (Å²) in [5.41, 5.74) is 0. The van der Waals surface area contributed by atoms with Crippen molar-refractivity contribution in [3.63, 3.8) is 0 Å². The second kappa shape index (κ2) is 5.91. The SMILES string of the molecule is CCCC[C@@H]1[C@@H](O)[C@H](CCCC)N2C(=O)OC[C@@H]12. The Morgan fingerprint density at radius 3 is 2.61 bits per heavy atom. The zero-order chi connectivity index (χ0) is 13.1. The Kier molecular flexibility index (Phi) is 4.49. The van der Waals surface area contributed by atoms with E-state index in [1.165, 1.54) is 0 Å². The number of nitrogens with zero attached hydrogens (tertiary/aromatic N) is 1. The van der Waals surface area contributed by atoms with E-state index >= 15 is 0 Å². The first kappa shape index (κ1) is 13.7. The highest BCUT2D eigenvalue weighted by Gasteiger charge is 2.53. The first-order valence-corrected chi connectivity index (χ1v) is 7.33. The van der Waals surface area contributed by atoms with Crippen LogP contribution in [0.5, 0.6) is 0 Å². The van der Waals surface area contributed by atoms with E-state index in [1.807, 2.05) is 4.90 Å². The summed E-state index contributed by atoms with van der Waals surface area (Å²) in [5, 5.41) is 10.5. The third-order valence-corrected chi connectivity index (χ3v) is 4.37. The van der Waals surface area contributed by atoms with Gasteiger partial charge in [0.05, 0.1) is 18.2 Å². The number of aliphatic hydroxyl groups excluding tert-OH is 1. The van der Waals surface area contributed by atoms with Crippen LogP contribution in [0.4, 0.5) is 4.79 Å². The molecule has 1 N–H and O–H groups in total. The van der Waals surface area contributed by atoms with Gasteiger partial charge in [0.15, 0.2) is 0 Å². The number of fused-ring (bicyclic) bond motifs is 1. The topological polar surface area (TPSA) is 49.8 Å². The van der Waals surface area contributed by atoms with Crippen LogP contribution < -0.4 is 0 Å². The highest BCUT2D eigenvalue weighted by atomic mass is 16.6. The van der Waals surface area contributed by atoms with E-state index in [1.54, 1.807) is 0 Å². The van der Waals surface area contributed by atoms with Crippen LogP contribution in [0.3, 0.4) is 0 Å². The van der Waals surface area contributed by atoms with E-state index in [9.17, 15) is 9.90 Å². The molecule has 0 spiro atoms. The molecule has 0 saturated carbocycles. The van der Waals surface area contributed by atoms with Crippen molar-refractivity contribution in [3.05, 3.63) is 0 Å². The lowest BCUT2D eigenvalue weighted by atomic mass is 9.90. The third kappa shape index (κ3) is 2.35. The van der Waals surface area contributed by atoms with E-state index < -0.39 is 0 Å². The van der Waals surface area contributed by atoms with Crippen LogP contribution in [0.1, 0.15) is 52.4 Å². The number of hydrogen-bond acceptors (Lipinski definition) is 3. The molecule has 104 valence electrons. The van der Waals surface area contributed by atoms with Crippen molar-refractivity contribution in [2.24, 2.45) is 5.92 Å². The lowest BCUT2D eigenvalue weighted by Crippen LogP contribution is -2.38. The number of unbranched alkanes of at least 4 members (excludes halogenated alkanes) is 2. The van der Waals surface area contributed by atoms with Crippen LogP contribution >= 0.6 is 0 Å². The molecule has 0 aromatic rings. The Bertz CT molecular complexity index is 295. The van der Waals surface area contributed by atoms with Gasteiger partial charge in [-0.2, -0.15) is 0 Å². The first-order chi connectivity index (χ1) is 8.70. The minimum atomic E-state index is -0.360. The summed E-state index contributed by atoms with van der Waals surface area (Å²) >= 11 is 0. The van der Waals surface area contributed by atoms with Gasteiger partial charge in [-0.3, -0.25) is 4.90 Å². The maximum Gasteiger partial charge on any atom is 0.410 e. The summed E-state index contributed by atoms with van der Waals surface area (Å²) in [6.45, 7) is 4.76. The second-order valence-corrected chi connectivity index (χ2v) is 5.56. The van der Waals surface area contributed by atoms with Crippen LogP contribution in [-0.2, 0) is 4.74 Å². The predicted molar refractivity (Wildman–Crippen MR) is 69.3 cm³/mol. The fraction of sp³-hybridized carbons (Fsp3) is 0.929. The molecule has 0 aromatic heterocycles. The van der Waals surface area contributed by atoms with Gasteiger partial charge >= 0.3 is 6.09 Å². The average molecular weight is 255 g/mol. The number of cyclic esters (lactones) is 1. The van der Waals surface area contributed by atoms with Crippen LogP contribution in [0.15, 0.2) is 0 Å². The smallest absolute Gasteiger partial charge is 0.410 e. The lowest BCUT2D eigenvalue weighted by molar-refractivity contribution is 0.0731. The monoisotopic (exact) mass is 255 g/mol. The maximum atomic E-state index is 11.8. The summed E-state index contributed by atoms with van der Waals surface area (Å²) in [7, 11) is 0. The summed E-state index contributed by atoms with van der Waals surface area (Å²) in [5.74, 6) is 0.207. The molecule has 2 saturated heterocycles. The molecule has 0 bridgehead atoms. The van der Waals surface area contributed by atoms with Gasteiger partial charge in [0.25, 0.3) is 0 Å². The van der Waals surface area contributed by atoms with Crippen molar-refractivity contribution in [3.8, 4) is 0 Å². The maximum absolute atomic E-state index is 11.8. The van der Waals surface area contributed by atoms with E-state index in [0.29, 0.717) is 6.61 Å². The van der Waals surface area contributed by atoms with Crippen LogP contribution in [0, 0.1) is 5.92 Å². The number of carbonyl (C=O) groups excluding carboxylic acids is 1. The first-order valence-electron chi connectivity index (χ1n) is 7.33. The zero-order valence-corrected chi connectivity index (χ0v) is 11.5. The molecule has 4 heteroatoms. The van der Waals surface area contributed by atoms with Crippen molar-refractivity contribution >= 4 is 6.09 Å². The summed E-state index contributed by atoms with van der Waals surface area (Å²) in [6, 6.07) is 0.0905. The van der Waals surface area contributed by atoms with E-state index in [0.717, 1.165) is 38.5 Å².